The molecule has 9 heteroatoms. The SMILES string of the molecule is O=C(OCC(=O)c1ccc[nH]1)c1cccc(S(=O)(=O)NCc2cccs2)c1. The number of Topliss-reactive ketones (excluding diaryl/α,β-unsaturated/α-hetero) is 1. The summed E-state index contributed by atoms with van der Waals surface area (Å²) < 4.78 is 32.3. The van der Waals surface area contributed by atoms with Crippen molar-refractivity contribution in [2.75, 3.05) is 6.61 Å². The highest BCUT2D eigenvalue weighted by molar-refractivity contribution is 7.89. The second-order valence-corrected chi connectivity index (χ2v) is 8.31. The van der Waals surface area contributed by atoms with Crippen molar-refractivity contribution in [3.63, 3.8) is 0 Å². The van der Waals surface area contributed by atoms with Crippen LogP contribution in [0, 0.1) is 0 Å². The van der Waals surface area contributed by atoms with Gasteiger partial charge in [-0.15, -0.1) is 11.3 Å². The second-order valence-electron chi connectivity index (χ2n) is 5.51. The van der Waals surface area contributed by atoms with Crippen molar-refractivity contribution >= 4 is 33.1 Å². The second kappa shape index (κ2) is 8.30. The fraction of sp³-hybridized carbons (Fsp3) is 0.111. The van der Waals surface area contributed by atoms with Crippen molar-refractivity contribution in [1.29, 1.82) is 0 Å². The number of nitrogens with one attached hydrogen (secondary N) is 2. The minimum Gasteiger partial charge on any atom is -0.454 e. The summed E-state index contributed by atoms with van der Waals surface area (Å²) in [5.41, 5.74) is 0.380. The van der Waals surface area contributed by atoms with E-state index in [9.17, 15) is 18.0 Å². The minimum atomic E-state index is -3.78. The average Bonchev–Trinajstić information content (AvgIpc) is 3.38. The highest BCUT2D eigenvalue weighted by atomic mass is 32.2. The van der Waals surface area contributed by atoms with Crippen molar-refractivity contribution in [3.05, 3.63) is 76.2 Å². The van der Waals surface area contributed by atoms with Gasteiger partial charge < -0.3 is 9.72 Å². The van der Waals surface area contributed by atoms with Gasteiger partial charge in [0.15, 0.2) is 6.61 Å². The number of ketones is 1. The first-order valence-corrected chi connectivity index (χ1v) is 10.3. The summed E-state index contributed by atoms with van der Waals surface area (Å²) in [6.07, 6.45) is 1.59. The fourth-order valence-corrected chi connectivity index (χ4v) is 4.04. The van der Waals surface area contributed by atoms with Crippen LogP contribution in [0.5, 0.6) is 0 Å². The number of hydrogen-bond donors (Lipinski definition) is 2. The van der Waals surface area contributed by atoms with Crippen LogP contribution in [0.25, 0.3) is 0 Å². The molecule has 3 aromatic rings. The molecule has 3 rings (SSSR count). The smallest absolute Gasteiger partial charge is 0.338 e. The van der Waals surface area contributed by atoms with Crippen LogP contribution in [0.15, 0.2) is 65.0 Å². The Bertz CT molecular complexity index is 1030. The van der Waals surface area contributed by atoms with Crippen molar-refractivity contribution < 1.29 is 22.7 Å². The molecule has 0 saturated heterocycles. The maximum absolute atomic E-state index is 12.4. The van der Waals surface area contributed by atoms with Crippen molar-refractivity contribution in [1.82, 2.24) is 9.71 Å². The zero-order valence-electron chi connectivity index (χ0n) is 14.0. The maximum Gasteiger partial charge on any atom is 0.338 e. The van der Waals surface area contributed by atoms with Gasteiger partial charge in [0, 0.05) is 17.6 Å². The maximum atomic E-state index is 12.4. The lowest BCUT2D eigenvalue weighted by Gasteiger charge is -2.08. The predicted octanol–water partition coefficient (Wildman–Crippen LogP) is 2.59. The van der Waals surface area contributed by atoms with Gasteiger partial charge in [0.1, 0.15) is 0 Å². The van der Waals surface area contributed by atoms with Crippen LogP contribution in [0.4, 0.5) is 0 Å². The number of benzene rings is 1. The molecule has 0 fully saturated rings. The lowest BCUT2D eigenvalue weighted by atomic mass is 10.2. The largest absolute Gasteiger partial charge is 0.454 e. The molecule has 0 aliphatic heterocycles. The third-order valence-electron chi connectivity index (χ3n) is 3.63. The Kier molecular flexibility index (Phi) is 5.84. The van der Waals surface area contributed by atoms with E-state index in [2.05, 4.69) is 9.71 Å². The van der Waals surface area contributed by atoms with Gasteiger partial charge in [0.2, 0.25) is 15.8 Å². The van der Waals surface area contributed by atoms with Gasteiger partial charge in [-0.2, -0.15) is 0 Å². The summed E-state index contributed by atoms with van der Waals surface area (Å²) >= 11 is 1.44. The average molecular weight is 404 g/mol. The number of rotatable bonds is 8. The molecule has 27 heavy (non-hydrogen) atoms. The summed E-state index contributed by atoms with van der Waals surface area (Å²) in [4.78, 5) is 27.5. The molecule has 2 heterocycles. The molecule has 0 spiro atoms. The molecule has 0 unspecified atom stereocenters. The molecule has 7 nitrogen and oxygen atoms in total. The van der Waals surface area contributed by atoms with Crippen molar-refractivity contribution in [2.45, 2.75) is 11.4 Å². The molecule has 0 radical (unpaired) electrons. The molecule has 0 saturated carbocycles. The number of esters is 1. The number of thiophene rings is 1. The summed E-state index contributed by atoms with van der Waals surface area (Å²) in [7, 11) is -3.78. The third kappa shape index (κ3) is 4.91. The molecule has 0 amide bonds. The zero-order valence-corrected chi connectivity index (χ0v) is 15.7. The highest BCUT2D eigenvalue weighted by Crippen LogP contribution is 2.15. The van der Waals surface area contributed by atoms with Gasteiger partial charge in [0.25, 0.3) is 0 Å². The zero-order chi connectivity index (χ0) is 19.3. The first-order valence-electron chi connectivity index (χ1n) is 7.91. The Morgan fingerprint density at radius 2 is 1.96 bits per heavy atom. The molecule has 0 bridgehead atoms. The van der Waals surface area contributed by atoms with E-state index in [0.717, 1.165) is 4.88 Å². The third-order valence-corrected chi connectivity index (χ3v) is 5.90. The fourth-order valence-electron chi connectivity index (χ4n) is 2.25. The first-order chi connectivity index (χ1) is 13.0. The van der Waals surface area contributed by atoms with Crippen LogP contribution in [-0.2, 0) is 21.3 Å². The van der Waals surface area contributed by atoms with Crippen molar-refractivity contribution in [3.8, 4) is 0 Å². The normalized spacial score (nSPS) is 11.3. The Morgan fingerprint density at radius 3 is 2.67 bits per heavy atom. The summed E-state index contributed by atoms with van der Waals surface area (Å²) in [5.74, 6) is -1.15. The number of aromatic nitrogens is 1. The number of carbonyl (C=O) groups is 2. The molecule has 1 aromatic carbocycles. The molecule has 0 aliphatic rings. The number of aromatic amines is 1. The van der Waals surface area contributed by atoms with E-state index in [1.165, 1.54) is 35.6 Å². The van der Waals surface area contributed by atoms with E-state index in [0.29, 0.717) is 5.69 Å². The quantitative estimate of drug-likeness (QED) is 0.443. The van der Waals surface area contributed by atoms with E-state index in [4.69, 9.17) is 4.74 Å². The topological polar surface area (TPSA) is 105 Å². The lowest BCUT2D eigenvalue weighted by molar-refractivity contribution is 0.0473. The van der Waals surface area contributed by atoms with Crippen LogP contribution in [0.3, 0.4) is 0 Å². The van der Waals surface area contributed by atoms with Crippen LogP contribution in [0.1, 0.15) is 25.7 Å². The molecular weight excluding hydrogens is 388 g/mol. The Morgan fingerprint density at radius 1 is 1.11 bits per heavy atom. The van der Waals surface area contributed by atoms with E-state index >= 15 is 0 Å². The first kappa shape index (κ1) is 19.0. The Balaban J connectivity index is 1.65. The van der Waals surface area contributed by atoms with E-state index in [1.54, 1.807) is 18.3 Å². The predicted molar refractivity (Wildman–Crippen MR) is 100 cm³/mol. The number of H-pyrrole nitrogens is 1. The Labute approximate surface area is 160 Å². The number of sulfonamides is 1. The standard InChI is InChI=1S/C18H16N2O5S2/c21-17(16-7-2-8-19-16)12-25-18(22)13-4-1-6-15(10-13)27(23,24)20-11-14-5-3-9-26-14/h1-10,19-20H,11-12H2. The van der Waals surface area contributed by atoms with Crippen LogP contribution in [0.2, 0.25) is 0 Å². The van der Waals surface area contributed by atoms with E-state index in [1.807, 2.05) is 17.5 Å². The number of ether oxygens (including phenoxy) is 1. The summed E-state index contributed by atoms with van der Waals surface area (Å²) in [6.45, 7) is -0.272. The monoisotopic (exact) mass is 404 g/mol. The van der Waals surface area contributed by atoms with E-state index < -0.39 is 22.6 Å². The van der Waals surface area contributed by atoms with Gasteiger partial charge in [-0.1, -0.05) is 12.1 Å². The molecule has 2 aromatic heterocycles. The van der Waals surface area contributed by atoms with Gasteiger partial charge in [-0.3, -0.25) is 4.79 Å². The van der Waals surface area contributed by atoms with Gasteiger partial charge in [-0.05, 0) is 41.8 Å². The molecule has 140 valence electrons. The van der Waals surface area contributed by atoms with E-state index in [-0.39, 0.29) is 22.8 Å². The van der Waals surface area contributed by atoms with Gasteiger partial charge >= 0.3 is 5.97 Å². The highest BCUT2D eigenvalue weighted by Gasteiger charge is 2.18. The van der Waals surface area contributed by atoms with Crippen molar-refractivity contribution in [2.24, 2.45) is 0 Å². The number of hydrogen-bond acceptors (Lipinski definition) is 6. The molecule has 2 N–H and O–H groups in total. The Hall–Kier alpha value is -2.75. The summed E-state index contributed by atoms with van der Waals surface area (Å²) in [6, 6.07) is 12.4. The summed E-state index contributed by atoms with van der Waals surface area (Å²) in [5, 5.41) is 1.86. The van der Waals surface area contributed by atoms with Crippen LogP contribution >= 0.6 is 11.3 Å². The molecular formula is C18H16N2O5S2. The van der Waals surface area contributed by atoms with Crippen LogP contribution < -0.4 is 4.72 Å². The molecule has 0 aliphatic carbocycles. The molecule has 0 atom stereocenters. The van der Waals surface area contributed by atoms with Gasteiger partial charge in [0.05, 0.1) is 16.2 Å². The number of carbonyl (C=O) groups excluding carboxylic acids is 2. The van der Waals surface area contributed by atoms with Crippen LogP contribution in [-0.4, -0.2) is 31.8 Å². The minimum absolute atomic E-state index is 0.0493. The van der Waals surface area contributed by atoms with Gasteiger partial charge in [-0.25, -0.2) is 17.9 Å². The lowest BCUT2D eigenvalue weighted by Crippen LogP contribution is -2.23.